The molecule has 1 saturated heterocycles. The smallest absolute Gasteiger partial charge is 0.112 e. The average molecular weight is 289 g/mol. The largest absolute Gasteiger partial charge is 0.328 e. The minimum Gasteiger partial charge on any atom is -0.328 e. The van der Waals surface area contributed by atoms with Crippen molar-refractivity contribution in [1.82, 2.24) is 14.9 Å². The van der Waals surface area contributed by atoms with E-state index in [1.807, 2.05) is 18.2 Å². The first-order valence-corrected chi connectivity index (χ1v) is 8.08. The van der Waals surface area contributed by atoms with E-state index in [4.69, 9.17) is 0 Å². The number of benzene rings is 1. The van der Waals surface area contributed by atoms with Gasteiger partial charge in [-0.15, -0.1) is 0 Å². The molecule has 4 heteroatoms. The molecule has 1 aliphatic heterocycles. The minimum absolute atomic E-state index is 0.182. The molecule has 0 amide bonds. The third kappa shape index (κ3) is 3.10. The molecule has 1 fully saturated rings. The van der Waals surface area contributed by atoms with Gasteiger partial charge < -0.3 is 9.88 Å². The summed E-state index contributed by atoms with van der Waals surface area (Å²) in [6.07, 6.45) is 2.58. The van der Waals surface area contributed by atoms with Gasteiger partial charge in [-0.1, -0.05) is 19.1 Å². The van der Waals surface area contributed by atoms with Crippen molar-refractivity contribution in [2.45, 2.75) is 45.3 Å². The van der Waals surface area contributed by atoms with Gasteiger partial charge in [0.2, 0.25) is 0 Å². The van der Waals surface area contributed by atoms with E-state index >= 15 is 0 Å². The van der Waals surface area contributed by atoms with Crippen molar-refractivity contribution in [3.63, 3.8) is 0 Å². The van der Waals surface area contributed by atoms with Crippen molar-refractivity contribution in [2.75, 3.05) is 13.1 Å². The topological polar surface area (TPSA) is 29.9 Å². The first-order chi connectivity index (χ1) is 10.3. The first-order valence-electron chi connectivity index (χ1n) is 8.08. The highest BCUT2D eigenvalue weighted by atomic mass is 19.1. The molecule has 1 aromatic carbocycles. The van der Waals surface area contributed by atoms with Crippen LogP contribution >= 0.6 is 0 Å². The van der Waals surface area contributed by atoms with E-state index in [1.165, 1.54) is 0 Å². The first kappa shape index (κ1) is 14.5. The second-order valence-corrected chi connectivity index (χ2v) is 5.98. The quantitative estimate of drug-likeness (QED) is 0.915. The molecule has 114 valence electrons. The van der Waals surface area contributed by atoms with Crippen LogP contribution in [0.15, 0.2) is 24.3 Å². The molecule has 1 aromatic heterocycles. The highest BCUT2D eigenvalue weighted by molar-refractivity contribution is 5.75. The van der Waals surface area contributed by atoms with Gasteiger partial charge in [-0.2, -0.15) is 0 Å². The predicted octanol–water partition coefficient (Wildman–Crippen LogP) is 3.33. The summed E-state index contributed by atoms with van der Waals surface area (Å²) in [6.45, 7) is 4.94. The van der Waals surface area contributed by atoms with Crippen LogP contribution in [0, 0.1) is 5.92 Å². The molecule has 0 aliphatic carbocycles. The summed E-state index contributed by atoms with van der Waals surface area (Å²) < 4.78 is 16.8. The van der Waals surface area contributed by atoms with E-state index in [9.17, 15) is 4.39 Å². The van der Waals surface area contributed by atoms with Crippen LogP contribution in [0.2, 0.25) is 0 Å². The Labute approximate surface area is 125 Å². The van der Waals surface area contributed by atoms with Crippen LogP contribution in [0.3, 0.4) is 0 Å². The van der Waals surface area contributed by atoms with Crippen LogP contribution in [0.25, 0.3) is 11.0 Å². The van der Waals surface area contributed by atoms with Crippen molar-refractivity contribution < 1.29 is 4.39 Å². The van der Waals surface area contributed by atoms with Gasteiger partial charge in [0.05, 0.1) is 11.0 Å². The molecule has 0 radical (unpaired) electrons. The molecule has 2 aromatic rings. The standard InChI is InChI=1S/C17H24FN3/c1-2-11-21-16-6-4-3-5-15(16)20-17(21)12-14(18)13-7-9-19-10-8-13/h3-6,13-14,19H,2,7-12H2,1H3. The number of halogens is 1. The zero-order valence-electron chi connectivity index (χ0n) is 12.7. The van der Waals surface area contributed by atoms with Crippen LogP contribution in [0.1, 0.15) is 32.0 Å². The number of nitrogens with one attached hydrogen (secondary N) is 1. The lowest BCUT2D eigenvalue weighted by Crippen LogP contribution is -2.33. The minimum atomic E-state index is -0.778. The Bertz CT molecular complexity index is 587. The zero-order chi connectivity index (χ0) is 14.7. The van der Waals surface area contributed by atoms with Gasteiger partial charge in [-0.05, 0) is 50.4 Å². The predicted molar refractivity (Wildman–Crippen MR) is 84.2 cm³/mol. The van der Waals surface area contributed by atoms with E-state index in [2.05, 4.69) is 27.9 Å². The van der Waals surface area contributed by atoms with Gasteiger partial charge in [0.1, 0.15) is 12.0 Å². The molecular formula is C17H24FN3. The van der Waals surface area contributed by atoms with Gasteiger partial charge in [-0.25, -0.2) is 9.37 Å². The number of alkyl halides is 1. The average Bonchev–Trinajstić information content (AvgIpc) is 2.86. The number of hydrogen-bond donors (Lipinski definition) is 1. The monoisotopic (exact) mass is 289 g/mol. The highest BCUT2D eigenvalue weighted by Crippen LogP contribution is 2.24. The summed E-state index contributed by atoms with van der Waals surface area (Å²) in [6, 6.07) is 8.12. The lowest BCUT2D eigenvalue weighted by Gasteiger charge is -2.25. The van der Waals surface area contributed by atoms with Gasteiger partial charge >= 0.3 is 0 Å². The van der Waals surface area contributed by atoms with E-state index in [-0.39, 0.29) is 5.92 Å². The number of imidazole rings is 1. The number of aryl methyl sites for hydroxylation is 1. The number of piperidine rings is 1. The van der Waals surface area contributed by atoms with Crippen LogP contribution in [-0.2, 0) is 13.0 Å². The van der Waals surface area contributed by atoms with Gasteiger partial charge in [0.25, 0.3) is 0 Å². The number of rotatable bonds is 5. The summed E-state index contributed by atoms with van der Waals surface area (Å²) >= 11 is 0. The maximum atomic E-state index is 14.6. The van der Waals surface area contributed by atoms with Crippen molar-refractivity contribution >= 4 is 11.0 Å². The molecule has 0 saturated carbocycles. The Morgan fingerprint density at radius 3 is 2.86 bits per heavy atom. The summed E-state index contributed by atoms with van der Waals surface area (Å²) in [7, 11) is 0. The number of para-hydroxylation sites is 2. The van der Waals surface area contributed by atoms with Gasteiger partial charge in [0, 0.05) is 13.0 Å². The summed E-state index contributed by atoms with van der Waals surface area (Å²) in [5.41, 5.74) is 2.12. The molecule has 1 N–H and O–H groups in total. The van der Waals surface area contributed by atoms with Crippen LogP contribution in [-0.4, -0.2) is 28.8 Å². The molecule has 21 heavy (non-hydrogen) atoms. The van der Waals surface area contributed by atoms with Crippen LogP contribution in [0.4, 0.5) is 4.39 Å². The van der Waals surface area contributed by atoms with Crippen molar-refractivity contribution in [2.24, 2.45) is 5.92 Å². The Hall–Kier alpha value is -1.42. The van der Waals surface area contributed by atoms with Crippen LogP contribution < -0.4 is 5.32 Å². The molecule has 0 spiro atoms. The molecular weight excluding hydrogens is 265 g/mol. The SMILES string of the molecule is CCCn1c(CC(F)C2CCNCC2)nc2ccccc21. The fraction of sp³-hybridized carbons (Fsp3) is 0.588. The second kappa shape index (κ2) is 6.56. The second-order valence-electron chi connectivity index (χ2n) is 5.98. The normalized spacial score (nSPS) is 18.2. The van der Waals surface area contributed by atoms with Crippen molar-refractivity contribution in [3.05, 3.63) is 30.1 Å². The Morgan fingerprint density at radius 2 is 2.10 bits per heavy atom. The maximum absolute atomic E-state index is 14.6. The van der Waals surface area contributed by atoms with Crippen molar-refractivity contribution in [1.29, 1.82) is 0 Å². The Balaban J connectivity index is 1.83. The van der Waals surface area contributed by atoms with Crippen LogP contribution in [0.5, 0.6) is 0 Å². The summed E-state index contributed by atoms with van der Waals surface area (Å²) in [5, 5.41) is 3.30. The van der Waals surface area contributed by atoms with E-state index in [0.29, 0.717) is 6.42 Å². The fourth-order valence-electron chi connectivity index (χ4n) is 3.30. The van der Waals surface area contributed by atoms with E-state index in [0.717, 1.165) is 55.8 Å². The lowest BCUT2D eigenvalue weighted by atomic mass is 9.91. The summed E-state index contributed by atoms with van der Waals surface area (Å²) in [5.74, 6) is 1.09. The van der Waals surface area contributed by atoms with E-state index in [1.54, 1.807) is 0 Å². The number of nitrogens with zero attached hydrogens (tertiary/aromatic N) is 2. The third-order valence-corrected chi connectivity index (χ3v) is 4.45. The number of hydrogen-bond acceptors (Lipinski definition) is 2. The third-order valence-electron chi connectivity index (χ3n) is 4.45. The molecule has 3 nitrogen and oxygen atoms in total. The molecule has 1 aliphatic rings. The van der Waals surface area contributed by atoms with Gasteiger partial charge in [-0.3, -0.25) is 0 Å². The lowest BCUT2D eigenvalue weighted by molar-refractivity contribution is 0.183. The molecule has 2 heterocycles. The Morgan fingerprint density at radius 1 is 1.33 bits per heavy atom. The highest BCUT2D eigenvalue weighted by Gasteiger charge is 2.25. The molecule has 1 atom stereocenters. The summed E-state index contributed by atoms with van der Waals surface area (Å²) in [4.78, 5) is 4.67. The van der Waals surface area contributed by atoms with Gasteiger partial charge in [0.15, 0.2) is 0 Å². The number of fused-ring (bicyclic) bond motifs is 1. The zero-order valence-corrected chi connectivity index (χ0v) is 12.7. The molecule has 1 unspecified atom stereocenters. The Kier molecular flexibility index (Phi) is 4.54. The van der Waals surface area contributed by atoms with Crippen molar-refractivity contribution in [3.8, 4) is 0 Å². The molecule has 3 rings (SSSR count). The molecule has 0 bridgehead atoms. The fourth-order valence-corrected chi connectivity index (χ4v) is 3.30. The number of aromatic nitrogens is 2. The van der Waals surface area contributed by atoms with E-state index < -0.39 is 6.17 Å². The maximum Gasteiger partial charge on any atom is 0.112 e.